The van der Waals surface area contributed by atoms with Crippen LogP contribution in [-0.2, 0) is 0 Å². The van der Waals surface area contributed by atoms with E-state index in [2.05, 4.69) is 15.4 Å². The van der Waals surface area contributed by atoms with Gasteiger partial charge in [0.05, 0.1) is 19.9 Å². The Balaban J connectivity index is 1.65. The lowest BCUT2D eigenvalue weighted by Crippen LogP contribution is -2.32. The Hall–Kier alpha value is -4.04. The van der Waals surface area contributed by atoms with Crippen molar-refractivity contribution in [2.24, 2.45) is 0 Å². The van der Waals surface area contributed by atoms with Crippen LogP contribution < -0.4 is 19.5 Å². The first-order valence-electron chi connectivity index (χ1n) is 10.9. The zero-order valence-electron chi connectivity index (χ0n) is 18.8. The molecule has 0 amide bonds. The van der Waals surface area contributed by atoms with Gasteiger partial charge >= 0.3 is 0 Å². The molecule has 1 aromatic heterocycles. The number of halogens is 2. The van der Waals surface area contributed by atoms with E-state index in [1.54, 1.807) is 37.1 Å². The van der Waals surface area contributed by atoms with Gasteiger partial charge in [-0.05, 0) is 42.0 Å². The molecule has 0 radical (unpaired) electrons. The van der Waals surface area contributed by atoms with Gasteiger partial charge in [0.2, 0.25) is 5.95 Å². The Morgan fingerprint density at radius 2 is 1.89 bits per heavy atom. The molecule has 176 valence electrons. The smallest absolute Gasteiger partial charge is 0.226 e. The number of ether oxygens (including phenoxy) is 3. The van der Waals surface area contributed by atoms with Crippen LogP contribution >= 0.6 is 11.6 Å². The lowest BCUT2D eigenvalue weighted by atomic mass is 9.84. The Labute approximate surface area is 205 Å². The van der Waals surface area contributed by atoms with Gasteiger partial charge in [-0.25, -0.2) is 9.07 Å². The number of aromatic nitrogens is 3. The molecule has 35 heavy (non-hydrogen) atoms. The summed E-state index contributed by atoms with van der Waals surface area (Å²) in [5, 5.41) is 8.48. The minimum atomic E-state index is -0.580. The van der Waals surface area contributed by atoms with Gasteiger partial charge in [-0.2, -0.15) is 10.1 Å². The van der Waals surface area contributed by atoms with Crippen LogP contribution in [-0.4, -0.2) is 29.0 Å². The topological polar surface area (TPSA) is 70.4 Å². The lowest BCUT2D eigenvalue weighted by Gasteiger charge is -2.39. The molecular formula is C26H20ClFN4O3. The first kappa shape index (κ1) is 21.5. The second-order valence-electron chi connectivity index (χ2n) is 8.16. The first-order valence-corrected chi connectivity index (χ1v) is 11.3. The summed E-state index contributed by atoms with van der Waals surface area (Å²) >= 11 is 6.38. The number of hydrogen-bond donors (Lipinski definition) is 1. The summed E-state index contributed by atoms with van der Waals surface area (Å²) in [5.41, 5.74) is 4.06. The normalized spacial score (nSPS) is 18.1. The van der Waals surface area contributed by atoms with Crippen LogP contribution in [0.15, 0.2) is 72.6 Å². The van der Waals surface area contributed by atoms with Gasteiger partial charge in [-0.3, -0.25) is 0 Å². The summed E-state index contributed by atoms with van der Waals surface area (Å²) in [6.07, 6.45) is 0.904. The van der Waals surface area contributed by atoms with Gasteiger partial charge in [0.1, 0.15) is 23.9 Å². The number of anilines is 1. The third kappa shape index (κ3) is 3.40. The van der Waals surface area contributed by atoms with E-state index in [-0.39, 0.29) is 5.82 Å². The third-order valence-corrected chi connectivity index (χ3v) is 6.51. The van der Waals surface area contributed by atoms with Gasteiger partial charge in [-0.1, -0.05) is 35.9 Å². The van der Waals surface area contributed by atoms with E-state index in [1.807, 2.05) is 30.3 Å². The highest BCUT2D eigenvalue weighted by Gasteiger charge is 2.42. The van der Waals surface area contributed by atoms with E-state index < -0.39 is 12.1 Å². The van der Waals surface area contributed by atoms with E-state index in [0.29, 0.717) is 28.2 Å². The number of nitrogens with one attached hydrogen (secondary N) is 1. The molecule has 2 atom stereocenters. The molecule has 0 aliphatic carbocycles. The largest absolute Gasteiger partial charge is 0.493 e. The van der Waals surface area contributed by atoms with E-state index in [0.717, 1.165) is 28.0 Å². The number of para-hydroxylation sites is 1. The fourth-order valence-electron chi connectivity index (χ4n) is 4.78. The molecule has 7 nitrogen and oxygen atoms in total. The SMILES string of the molecule is COc1cccc([C@@H]2Oc3ccc(Cl)cc3C3=C2[C@@H](c2ccc(F)cc2)n2ncnc2N3)c1OC. The fraction of sp³-hybridized carbons (Fsp3) is 0.154. The van der Waals surface area contributed by atoms with Crippen LogP contribution in [0, 0.1) is 5.82 Å². The van der Waals surface area contributed by atoms with Gasteiger partial charge in [0, 0.05) is 21.7 Å². The summed E-state index contributed by atoms with van der Waals surface area (Å²) < 4.78 is 33.6. The van der Waals surface area contributed by atoms with Gasteiger partial charge < -0.3 is 19.5 Å². The monoisotopic (exact) mass is 490 g/mol. The van der Waals surface area contributed by atoms with Crippen molar-refractivity contribution in [2.75, 3.05) is 19.5 Å². The van der Waals surface area contributed by atoms with Crippen LogP contribution in [0.25, 0.3) is 5.70 Å². The highest BCUT2D eigenvalue weighted by molar-refractivity contribution is 6.30. The van der Waals surface area contributed by atoms with E-state index in [9.17, 15) is 4.39 Å². The minimum Gasteiger partial charge on any atom is -0.493 e. The van der Waals surface area contributed by atoms with Crippen LogP contribution in [0.5, 0.6) is 17.2 Å². The second kappa shape index (κ2) is 8.32. The average Bonchev–Trinajstić information content (AvgIpc) is 3.35. The summed E-state index contributed by atoms with van der Waals surface area (Å²) in [5.74, 6) is 2.04. The number of methoxy groups -OCH3 is 2. The van der Waals surface area contributed by atoms with Crippen LogP contribution in [0.2, 0.25) is 5.02 Å². The minimum absolute atomic E-state index is 0.321. The Bertz CT molecular complexity index is 1470. The van der Waals surface area contributed by atoms with Crippen molar-refractivity contribution in [2.45, 2.75) is 12.1 Å². The van der Waals surface area contributed by atoms with Crippen molar-refractivity contribution in [3.8, 4) is 17.2 Å². The van der Waals surface area contributed by atoms with E-state index in [4.69, 9.17) is 25.8 Å². The number of nitrogens with zero attached hydrogens (tertiary/aromatic N) is 3. The first-order chi connectivity index (χ1) is 17.1. The van der Waals surface area contributed by atoms with Crippen LogP contribution in [0.3, 0.4) is 0 Å². The molecule has 0 unspecified atom stereocenters. The molecule has 2 aliphatic heterocycles. The molecule has 3 heterocycles. The quantitative estimate of drug-likeness (QED) is 0.399. The molecule has 0 fully saturated rings. The summed E-state index contributed by atoms with van der Waals surface area (Å²) in [7, 11) is 3.19. The highest BCUT2D eigenvalue weighted by Crippen LogP contribution is 2.53. The zero-order chi connectivity index (χ0) is 24.1. The highest BCUT2D eigenvalue weighted by atomic mass is 35.5. The molecule has 0 saturated carbocycles. The molecule has 1 N–H and O–H groups in total. The van der Waals surface area contributed by atoms with Crippen molar-refractivity contribution >= 4 is 23.2 Å². The van der Waals surface area contributed by atoms with Gasteiger partial charge in [0.25, 0.3) is 0 Å². The number of hydrogen-bond acceptors (Lipinski definition) is 6. The summed E-state index contributed by atoms with van der Waals surface area (Å²) in [4.78, 5) is 4.41. The maximum absolute atomic E-state index is 13.9. The molecule has 2 aliphatic rings. The van der Waals surface area contributed by atoms with Crippen molar-refractivity contribution < 1.29 is 18.6 Å². The molecule has 0 bridgehead atoms. The Kier molecular flexibility index (Phi) is 5.11. The van der Waals surface area contributed by atoms with Gasteiger partial charge in [0.15, 0.2) is 17.6 Å². The molecule has 6 rings (SSSR count). The maximum atomic E-state index is 13.9. The lowest BCUT2D eigenvalue weighted by molar-refractivity contribution is 0.216. The summed E-state index contributed by atoms with van der Waals surface area (Å²) in [6, 6.07) is 17.1. The Morgan fingerprint density at radius 3 is 2.66 bits per heavy atom. The maximum Gasteiger partial charge on any atom is 0.226 e. The van der Waals surface area contributed by atoms with Gasteiger partial charge in [-0.15, -0.1) is 0 Å². The standard InChI is InChI=1S/C26H20ClFN4O3/c1-33-20-5-3-4-17(24(20)34-2)25-21-22(18-12-15(27)8-11-19(18)35-25)31-26-29-13-30-32(26)23(21)14-6-9-16(28)10-7-14/h3-13,23,25H,1-2H3,(H,29,30,31)/t23-,25+/m1/s1. The molecule has 4 aromatic rings. The molecule has 0 spiro atoms. The number of rotatable bonds is 4. The predicted molar refractivity (Wildman–Crippen MR) is 129 cm³/mol. The number of fused-ring (bicyclic) bond motifs is 3. The molecular weight excluding hydrogens is 471 g/mol. The van der Waals surface area contributed by atoms with Crippen molar-refractivity contribution in [3.63, 3.8) is 0 Å². The van der Waals surface area contributed by atoms with Crippen molar-refractivity contribution in [3.05, 3.63) is 100 Å². The molecule has 3 aromatic carbocycles. The predicted octanol–water partition coefficient (Wildman–Crippen LogP) is 5.65. The second-order valence-corrected chi connectivity index (χ2v) is 8.60. The van der Waals surface area contributed by atoms with Crippen LogP contribution in [0.1, 0.15) is 28.8 Å². The summed E-state index contributed by atoms with van der Waals surface area (Å²) in [6.45, 7) is 0. The number of benzene rings is 3. The molecule has 9 heteroatoms. The van der Waals surface area contributed by atoms with Crippen molar-refractivity contribution in [1.29, 1.82) is 0 Å². The molecule has 0 saturated heterocycles. The van der Waals surface area contributed by atoms with Crippen molar-refractivity contribution in [1.82, 2.24) is 14.8 Å². The third-order valence-electron chi connectivity index (χ3n) is 6.28. The van der Waals surface area contributed by atoms with E-state index in [1.165, 1.54) is 18.5 Å². The Morgan fingerprint density at radius 1 is 1.06 bits per heavy atom. The van der Waals surface area contributed by atoms with Crippen LogP contribution in [0.4, 0.5) is 10.3 Å². The fourth-order valence-corrected chi connectivity index (χ4v) is 4.96. The zero-order valence-corrected chi connectivity index (χ0v) is 19.6. The average molecular weight is 491 g/mol. The van der Waals surface area contributed by atoms with E-state index >= 15 is 0 Å².